The van der Waals surface area contributed by atoms with Gasteiger partial charge in [0.25, 0.3) is 0 Å². The van der Waals surface area contributed by atoms with E-state index in [1.807, 2.05) is 31.0 Å². The number of nitrogens with zero attached hydrogens (tertiary/aromatic N) is 1. The molecule has 0 bridgehead atoms. The smallest absolute Gasteiger partial charge is 0.186 e. The summed E-state index contributed by atoms with van der Waals surface area (Å²) in [7, 11) is 1.88. The van der Waals surface area contributed by atoms with Crippen molar-refractivity contribution in [3.8, 4) is 0 Å². The zero-order valence-electron chi connectivity index (χ0n) is 11.5. The van der Waals surface area contributed by atoms with Gasteiger partial charge in [0, 0.05) is 37.5 Å². The van der Waals surface area contributed by atoms with Crippen molar-refractivity contribution in [2.75, 3.05) is 33.4 Å². The van der Waals surface area contributed by atoms with Crippen molar-refractivity contribution in [2.24, 2.45) is 0 Å². The third kappa shape index (κ3) is 4.11. The van der Waals surface area contributed by atoms with E-state index in [0.717, 1.165) is 9.75 Å². The number of carbonyl (C=O) groups excluding carboxylic acids is 1. The first kappa shape index (κ1) is 14.7. The molecular formula is C14H21NO3S. The summed E-state index contributed by atoms with van der Waals surface area (Å²) in [6.45, 7) is 4.07. The number of hydrogen-bond donors (Lipinski definition) is 1. The van der Waals surface area contributed by atoms with Gasteiger partial charge in [-0.05, 0) is 26.1 Å². The zero-order chi connectivity index (χ0) is 13.9. The molecule has 0 amide bonds. The predicted molar refractivity (Wildman–Crippen MR) is 75.9 cm³/mol. The van der Waals surface area contributed by atoms with Crippen molar-refractivity contribution in [1.82, 2.24) is 4.90 Å². The van der Waals surface area contributed by atoms with Gasteiger partial charge in [0.05, 0.1) is 17.0 Å². The highest BCUT2D eigenvalue weighted by atomic mass is 32.1. The third-order valence-corrected chi connectivity index (χ3v) is 4.46. The van der Waals surface area contributed by atoms with Crippen molar-refractivity contribution in [1.29, 1.82) is 0 Å². The number of carbonyl (C=O) groups is 1. The lowest BCUT2D eigenvalue weighted by atomic mass is 9.94. The third-order valence-electron chi connectivity index (χ3n) is 3.42. The molecule has 0 aliphatic carbocycles. The normalized spacial score (nSPS) is 18.7. The Morgan fingerprint density at radius 2 is 2.16 bits per heavy atom. The van der Waals surface area contributed by atoms with Gasteiger partial charge >= 0.3 is 0 Å². The summed E-state index contributed by atoms with van der Waals surface area (Å²) in [4.78, 5) is 15.9. The molecule has 106 valence electrons. The molecule has 2 rings (SSSR count). The Bertz CT molecular complexity index is 438. The first-order chi connectivity index (χ1) is 8.98. The van der Waals surface area contributed by atoms with E-state index >= 15 is 0 Å². The zero-order valence-corrected chi connectivity index (χ0v) is 12.3. The van der Waals surface area contributed by atoms with Crippen LogP contribution in [0, 0.1) is 6.92 Å². The fraction of sp³-hybridized carbons (Fsp3) is 0.643. The van der Waals surface area contributed by atoms with E-state index in [2.05, 4.69) is 0 Å². The molecule has 0 aromatic carbocycles. The average Bonchev–Trinajstić information content (AvgIpc) is 2.76. The second-order valence-electron chi connectivity index (χ2n) is 5.34. The highest BCUT2D eigenvalue weighted by molar-refractivity contribution is 7.14. The van der Waals surface area contributed by atoms with Crippen LogP contribution in [0.4, 0.5) is 0 Å². The second-order valence-corrected chi connectivity index (χ2v) is 6.63. The van der Waals surface area contributed by atoms with E-state index in [1.54, 1.807) is 0 Å². The van der Waals surface area contributed by atoms with E-state index in [-0.39, 0.29) is 5.78 Å². The average molecular weight is 283 g/mol. The Morgan fingerprint density at radius 3 is 2.74 bits per heavy atom. The molecule has 19 heavy (non-hydrogen) atoms. The number of ether oxygens (including phenoxy) is 1. The van der Waals surface area contributed by atoms with Gasteiger partial charge in [-0.15, -0.1) is 11.3 Å². The minimum Gasteiger partial charge on any atom is -0.388 e. The number of hydrogen-bond acceptors (Lipinski definition) is 5. The van der Waals surface area contributed by atoms with Crippen LogP contribution in [0.25, 0.3) is 0 Å². The van der Waals surface area contributed by atoms with Crippen LogP contribution in [0.2, 0.25) is 0 Å². The number of aryl methyl sites for hydroxylation is 1. The van der Waals surface area contributed by atoms with Crippen LogP contribution in [-0.4, -0.2) is 54.7 Å². The minimum absolute atomic E-state index is 0.122. The molecule has 1 aliphatic rings. The summed E-state index contributed by atoms with van der Waals surface area (Å²) in [5.41, 5.74) is -0.710. The summed E-state index contributed by atoms with van der Waals surface area (Å²) in [5, 5.41) is 10.4. The van der Waals surface area contributed by atoms with Crippen molar-refractivity contribution in [3.05, 3.63) is 21.9 Å². The molecule has 4 nitrogen and oxygen atoms in total. The summed E-state index contributed by atoms with van der Waals surface area (Å²) in [6, 6.07) is 3.84. The van der Waals surface area contributed by atoms with E-state index in [0.29, 0.717) is 39.1 Å². The highest BCUT2D eigenvalue weighted by Gasteiger charge is 2.31. The number of aliphatic hydroxyl groups is 1. The second kappa shape index (κ2) is 6.13. The van der Waals surface area contributed by atoms with E-state index in [1.165, 1.54) is 11.3 Å². The van der Waals surface area contributed by atoms with Crippen molar-refractivity contribution < 1.29 is 14.6 Å². The van der Waals surface area contributed by atoms with Crippen molar-refractivity contribution in [3.63, 3.8) is 0 Å². The Balaban J connectivity index is 1.86. The van der Waals surface area contributed by atoms with Crippen molar-refractivity contribution in [2.45, 2.75) is 25.4 Å². The summed E-state index contributed by atoms with van der Waals surface area (Å²) in [6.07, 6.45) is 1.29. The molecule has 2 heterocycles. The van der Waals surface area contributed by atoms with Crippen LogP contribution in [0.1, 0.15) is 27.4 Å². The molecule has 1 aromatic rings. The topological polar surface area (TPSA) is 49.8 Å². The van der Waals surface area contributed by atoms with Gasteiger partial charge in [-0.2, -0.15) is 0 Å². The lowest BCUT2D eigenvalue weighted by Gasteiger charge is -2.35. The monoisotopic (exact) mass is 283 g/mol. The maximum absolute atomic E-state index is 12.1. The Kier molecular flexibility index (Phi) is 4.73. The quantitative estimate of drug-likeness (QED) is 0.836. The van der Waals surface area contributed by atoms with Crippen LogP contribution >= 0.6 is 11.3 Å². The van der Waals surface area contributed by atoms with Crippen LogP contribution in [-0.2, 0) is 4.74 Å². The number of rotatable bonds is 5. The Labute approximate surface area is 118 Å². The molecule has 1 aliphatic heterocycles. The lowest BCUT2D eigenvalue weighted by Crippen LogP contribution is -2.46. The van der Waals surface area contributed by atoms with Gasteiger partial charge in [0.2, 0.25) is 0 Å². The van der Waals surface area contributed by atoms with Gasteiger partial charge < -0.3 is 9.84 Å². The fourth-order valence-corrected chi connectivity index (χ4v) is 3.17. The number of ketones is 1. The predicted octanol–water partition coefficient (Wildman–Crippen LogP) is 1.71. The maximum Gasteiger partial charge on any atom is 0.186 e. The molecule has 0 radical (unpaired) electrons. The van der Waals surface area contributed by atoms with Gasteiger partial charge in [-0.25, -0.2) is 0 Å². The summed E-state index contributed by atoms with van der Waals surface area (Å²) < 4.78 is 5.26. The molecule has 5 heteroatoms. The number of likely N-dealkylation sites (N-methyl/N-ethyl adjacent to an activating group) is 1. The highest BCUT2D eigenvalue weighted by Crippen LogP contribution is 2.22. The van der Waals surface area contributed by atoms with E-state index in [4.69, 9.17) is 4.74 Å². The van der Waals surface area contributed by atoms with Crippen LogP contribution in [0.5, 0.6) is 0 Å². The molecule has 1 fully saturated rings. The SMILES string of the molecule is Cc1ccc(C(=O)CN(C)CC2(O)CCOCC2)s1. The molecular weight excluding hydrogens is 262 g/mol. The molecule has 1 N–H and O–H groups in total. The summed E-state index contributed by atoms with van der Waals surface area (Å²) in [5.74, 6) is 0.122. The van der Waals surface area contributed by atoms with Crippen LogP contribution < -0.4 is 0 Å². The number of Topliss-reactive ketones (excluding diaryl/α,β-unsaturated/α-hetero) is 1. The largest absolute Gasteiger partial charge is 0.388 e. The molecule has 0 unspecified atom stereocenters. The first-order valence-electron chi connectivity index (χ1n) is 6.57. The minimum atomic E-state index is -0.710. The molecule has 0 spiro atoms. The molecule has 0 saturated carbocycles. The standard InChI is InChI=1S/C14H21NO3S/c1-11-3-4-13(19-11)12(16)9-15(2)10-14(17)5-7-18-8-6-14/h3-4,17H,5-10H2,1-2H3. The van der Waals surface area contributed by atoms with Gasteiger partial charge in [0.1, 0.15) is 0 Å². The Hall–Kier alpha value is -0.750. The van der Waals surface area contributed by atoms with Crippen LogP contribution in [0.3, 0.4) is 0 Å². The number of thiophene rings is 1. The maximum atomic E-state index is 12.1. The molecule has 0 atom stereocenters. The van der Waals surface area contributed by atoms with Crippen LogP contribution in [0.15, 0.2) is 12.1 Å². The molecule has 1 saturated heterocycles. The van der Waals surface area contributed by atoms with Gasteiger partial charge in [0.15, 0.2) is 5.78 Å². The van der Waals surface area contributed by atoms with Gasteiger partial charge in [-0.3, -0.25) is 9.69 Å². The molecule has 1 aromatic heterocycles. The van der Waals surface area contributed by atoms with E-state index in [9.17, 15) is 9.90 Å². The lowest BCUT2D eigenvalue weighted by molar-refractivity contribution is -0.0758. The first-order valence-corrected chi connectivity index (χ1v) is 7.38. The van der Waals surface area contributed by atoms with Gasteiger partial charge in [-0.1, -0.05) is 0 Å². The van der Waals surface area contributed by atoms with E-state index < -0.39 is 5.60 Å². The fourth-order valence-electron chi connectivity index (χ4n) is 2.38. The summed E-state index contributed by atoms with van der Waals surface area (Å²) >= 11 is 1.52. The Morgan fingerprint density at radius 1 is 1.47 bits per heavy atom. The van der Waals surface area contributed by atoms with Crippen molar-refractivity contribution >= 4 is 17.1 Å².